The monoisotopic (exact) mass is 494 g/mol. The van der Waals surface area contributed by atoms with Crippen LogP contribution < -0.4 is 0 Å². The summed E-state index contributed by atoms with van der Waals surface area (Å²) in [7, 11) is 1.74. The number of benzene rings is 1. The van der Waals surface area contributed by atoms with Gasteiger partial charge in [0.1, 0.15) is 5.37 Å². The number of fused-ring (bicyclic) bond motifs is 1. The first-order valence-electron chi connectivity index (χ1n) is 10.5. The maximum Gasteiger partial charge on any atom is 0.238 e. The summed E-state index contributed by atoms with van der Waals surface area (Å²) in [6.07, 6.45) is 1.76. The van der Waals surface area contributed by atoms with Crippen molar-refractivity contribution in [2.24, 2.45) is 10.9 Å². The number of amides is 1. The molecule has 0 fully saturated rings. The van der Waals surface area contributed by atoms with Gasteiger partial charge < -0.3 is 0 Å². The molecule has 6 nitrogen and oxygen atoms in total. The van der Waals surface area contributed by atoms with E-state index in [-0.39, 0.29) is 28.7 Å². The Morgan fingerprint density at radius 1 is 1.21 bits per heavy atom. The van der Waals surface area contributed by atoms with Gasteiger partial charge >= 0.3 is 0 Å². The number of aryl methyl sites for hydroxylation is 1. The Balaban J connectivity index is 1.32. The van der Waals surface area contributed by atoms with Crippen LogP contribution in [-0.2, 0) is 4.79 Å². The second-order valence-corrected chi connectivity index (χ2v) is 10.7. The Bertz CT molecular complexity index is 1280. The highest BCUT2D eigenvalue weighted by atomic mass is 32.2. The number of carbonyl (C=O) groups excluding carboxylic acids is 2. The Morgan fingerprint density at radius 3 is 2.73 bits per heavy atom. The predicted molar refractivity (Wildman–Crippen MR) is 137 cm³/mol. The van der Waals surface area contributed by atoms with Gasteiger partial charge in [0.05, 0.1) is 11.7 Å². The molecule has 3 aromatic rings. The summed E-state index contributed by atoms with van der Waals surface area (Å²) in [4.78, 5) is 37.1. The fourth-order valence-corrected chi connectivity index (χ4v) is 7.05. The van der Waals surface area contributed by atoms with Gasteiger partial charge in [0, 0.05) is 35.6 Å². The third-order valence-electron chi connectivity index (χ3n) is 5.86. The van der Waals surface area contributed by atoms with Gasteiger partial charge in [-0.2, -0.15) is 0 Å². The molecule has 5 rings (SSSR count). The molecule has 33 heavy (non-hydrogen) atoms. The number of carbonyl (C=O) groups is 2. The Kier molecular flexibility index (Phi) is 6.03. The molecule has 168 valence electrons. The minimum atomic E-state index is -0.292. The first-order chi connectivity index (χ1) is 16.0. The molecule has 4 heterocycles. The molecule has 9 heteroatoms. The first kappa shape index (κ1) is 22.2. The number of hydrogen-bond acceptors (Lipinski definition) is 7. The van der Waals surface area contributed by atoms with Crippen molar-refractivity contribution < 1.29 is 9.59 Å². The van der Waals surface area contributed by atoms with E-state index in [1.165, 1.54) is 23.1 Å². The van der Waals surface area contributed by atoms with E-state index in [2.05, 4.69) is 4.98 Å². The smallest absolute Gasteiger partial charge is 0.238 e. The average Bonchev–Trinajstić information content (AvgIpc) is 3.55. The molecule has 0 unspecified atom stereocenters. The van der Waals surface area contributed by atoms with Gasteiger partial charge in [-0.3, -0.25) is 19.1 Å². The Hall–Kier alpha value is -2.62. The summed E-state index contributed by atoms with van der Waals surface area (Å²) in [6.45, 7) is 3.92. The van der Waals surface area contributed by atoms with Gasteiger partial charge in [-0.15, -0.1) is 23.1 Å². The number of nitrogens with zero attached hydrogens (tertiary/aromatic N) is 4. The number of Topliss-reactive ketones (excluding diaryl/α,β-unsaturated/α-hetero) is 1. The molecule has 1 amide bonds. The molecule has 2 aromatic heterocycles. The van der Waals surface area contributed by atoms with E-state index in [9.17, 15) is 9.59 Å². The Labute approximate surface area is 204 Å². The summed E-state index contributed by atoms with van der Waals surface area (Å²) in [5.41, 5.74) is 4.60. The van der Waals surface area contributed by atoms with Gasteiger partial charge in [-0.05, 0) is 36.5 Å². The summed E-state index contributed by atoms with van der Waals surface area (Å²) < 4.78 is 2.01. The summed E-state index contributed by atoms with van der Waals surface area (Å²) in [5, 5.41) is 5.23. The van der Waals surface area contributed by atoms with Gasteiger partial charge in [0.15, 0.2) is 16.1 Å². The average molecular weight is 495 g/mol. The SMILES string of the molecule is Cc1cc(C(=O)CSC2=N[C@@H]3SC=C(c4ccccc4)[C@@H]3C(=O)N2C)c(C)n1-c1nccs1. The van der Waals surface area contributed by atoms with E-state index >= 15 is 0 Å². The van der Waals surface area contributed by atoms with Crippen LogP contribution in [0.3, 0.4) is 0 Å². The highest BCUT2D eigenvalue weighted by Gasteiger charge is 2.43. The standard InChI is InChI=1S/C24H22N4O2S3/c1-14-11-17(15(2)28(14)23-25-9-10-31-23)19(29)13-33-24-26-21-20(22(30)27(24)3)18(12-32-21)16-7-5-4-6-8-16/h4-12,20-21H,13H2,1-3H3/t20-,21+/m0/s1. The topological polar surface area (TPSA) is 67.6 Å². The first-order valence-corrected chi connectivity index (χ1v) is 13.3. The molecule has 0 bridgehead atoms. The zero-order valence-corrected chi connectivity index (χ0v) is 20.8. The predicted octanol–water partition coefficient (Wildman–Crippen LogP) is 5.02. The maximum atomic E-state index is 13.2. The highest BCUT2D eigenvalue weighted by Crippen LogP contribution is 2.45. The summed E-state index contributed by atoms with van der Waals surface area (Å²) in [6, 6.07) is 11.9. The molecule has 2 aliphatic rings. The minimum absolute atomic E-state index is 0.0174. The fourth-order valence-electron chi connectivity index (χ4n) is 4.19. The number of rotatable bonds is 5. The second-order valence-electron chi connectivity index (χ2n) is 7.90. The van der Waals surface area contributed by atoms with Crippen LogP contribution in [0.2, 0.25) is 0 Å². The molecule has 0 spiro atoms. The van der Waals surface area contributed by atoms with E-state index in [0.717, 1.165) is 27.7 Å². The molecule has 2 atom stereocenters. The van der Waals surface area contributed by atoms with Crippen molar-refractivity contribution in [2.45, 2.75) is 19.2 Å². The zero-order valence-electron chi connectivity index (χ0n) is 18.4. The number of amidine groups is 1. The molecular weight excluding hydrogens is 472 g/mol. The van der Waals surface area contributed by atoms with Gasteiger partial charge in [-0.1, -0.05) is 42.1 Å². The number of aliphatic imine (C=N–C) groups is 1. The van der Waals surface area contributed by atoms with Crippen LogP contribution in [0.1, 0.15) is 27.3 Å². The number of aromatic nitrogens is 2. The number of hydrogen-bond donors (Lipinski definition) is 0. The van der Waals surface area contributed by atoms with Crippen LogP contribution in [0, 0.1) is 19.8 Å². The molecule has 0 saturated carbocycles. The van der Waals surface area contributed by atoms with Crippen molar-refractivity contribution in [3.05, 3.63) is 75.9 Å². The van der Waals surface area contributed by atoms with E-state index < -0.39 is 0 Å². The third kappa shape index (κ3) is 3.98. The van der Waals surface area contributed by atoms with Crippen LogP contribution in [0.25, 0.3) is 10.7 Å². The lowest BCUT2D eigenvalue weighted by Gasteiger charge is -2.31. The third-order valence-corrected chi connectivity index (χ3v) is 8.70. The maximum absolute atomic E-state index is 13.2. The quantitative estimate of drug-likeness (QED) is 0.466. The van der Waals surface area contributed by atoms with Crippen molar-refractivity contribution in [3.8, 4) is 5.13 Å². The van der Waals surface area contributed by atoms with Crippen molar-refractivity contribution in [2.75, 3.05) is 12.8 Å². The largest absolute Gasteiger partial charge is 0.294 e. The molecule has 1 aromatic carbocycles. The fraction of sp³-hybridized carbons (Fsp3) is 0.250. The van der Waals surface area contributed by atoms with E-state index in [1.807, 2.05) is 65.6 Å². The van der Waals surface area contributed by atoms with Gasteiger partial charge in [-0.25, -0.2) is 9.98 Å². The minimum Gasteiger partial charge on any atom is -0.294 e. The van der Waals surface area contributed by atoms with Crippen LogP contribution in [0.5, 0.6) is 0 Å². The highest BCUT2D eigenvalue weighted by molar-refractivity contribution is 8.14. The second kappa shape index (κ2) is 8.96. The molecule has 0 saturated heterocycles. The zero-order chi connectivity index (χ0) is 23.1. The van der Waals surface area contributed by atoms with Crippen LogP contribution >= 0.6 is 34.9 Å². The molecular formula is C24H22N4O2S3. The molecule has 0 N–H and O–H groups in total. The lowest BCUT2D eigenvalue weighted by atomic mass is 9.92. The van der Waals surface area contributed by atoms with Gasteiger partial charge in [0.25, 0.3) is 0 Å². The van der Waals surface area contributed by atoms with Crippen molar-refractivity contribution in [1.29, 1.82) is 0 Å². The lowest BCUT2D eigenvalue weighted by Crippen LogP contribution is -2.44. The summed E-state index contributed by atoms with van der Waals surface area (Å²) >= 11 is 4.44. The lowest BCUT2D eigenvalue weighted by molar-refractivity contribution is -0.129. The summed E-state index contributed by atoms with van der Waals surface area (Å²) in [5.74, 6) is -0.0324. The van der Waals surface area contributed by atoms with E-state index in [4.69, 9.17) is 4.99 Å². The molecule has 0 radical (unpaired) electrons. The normalized spacial score (nSPS) is 20.0. The van der Waals surface area contributed by atoms with Crippen LogP contribution in [0.15, 0.2) is 58.4 Å². The van der Waals surface area contributed by atoms with Crippen molar-refractivity contribution >= 4 is 57.3 Å². The van der Waals surface area contributed by atoms with Crippen molar-refractivity contribution in [3.63, 3.8) is 0 Å². The van der Waals surface area contributed by atoms with Crippen LogP contribution in [-0.4, -0.2) is 49.5 Å². The van der Waals surface area contributed by atoms with Gasteiger partial charge in [0.2, 0.25) is 5.91 Å². The van der Waals surface area contributed by atoms with E-state index in [1.54, 1.807) is 29.9 Å². The number of thioether (sulfide) groups is 2. The molecule has 2 aliphatic heterocycles. The number of thiazole rings is 1. The van der Waals surface area contributed by atoms with Crippen LogP contribution in [0.4, 0.5) is 0 Å². The van der Waals surface area contributed by atoms with E-state index in [0.29, 0.717) is 10.7 Å². The van der Waals surface area contributed by atoms with Crippen molar-refractivity contribution in [1.82, 2.24) is 14.5 Å². The molecule has 0 aliphatic carbocycles. The number of ketones is 1. The Morgan fingerprint density at radius 2 is 2.00 bits per heavy atom.